The minimum Gasteiger partial charge on any atom is -0.440 e. The number of nitrogens with zero attached hydrogens (tertiary/aromatic N) is 3. The summed E-state index contributed by atoms with van der Waals surface area (Å²) in [6, 6.07) is 6.21. The third kappa shape index (κ3) is 2.82. The first-order valence-electron chi connectivity index (χ1n) is 5.50. The van der Waals surface area contributed by atoms with E-state index >= 15 is 0 Å². The Balaban J connectivity index is 1.72. The lowest BCUT2D eigenvalue weighted by molar-refractivity contribution is 0.529. The molecule has 5 nitrogen and oxygen atoms in total. The van der Waals surface area contributed by atoms with Gasteiger partial charge >= 0.3 is 0 Å². The molecule has 0 aliphatic heterocycles. The Morgan fingerprint density at radius 1 is 1.32 bits per heavy atom. The van der Waals surface area contributed by atoms with E-state index in [9.17, 15) is 4.39 Å². The maximum atomic E-state index is 13.1. The Hall–Kier alpha value is -2.15. The van der Waals surface area contributed by atoms with Gasteiger partial charge in [-0.3, -0.25) is 0 Å². The average molecular weight is 276 g/mol. The van der Waals surface area contributed by atoms with Crippen molar-refractivity contribution in [3.63, 3.8) is 0 Å². The fourth-order valence-corrected chi connectivity index (χ4v) is 2.19. The molecule has 3 aromatic rings. The Morgan fingerprint density at radius 3 is 3.05 bits per heavy atom. The van der Waals surface area contributed by atoms with Gasteiger partial charge in [-0.1, -0.05) is 23.9 Å². The van der Waals surface area contributed by atoms with Crippen molar-refractivity contribution in [3.05, 3.63) is 48.4 Å². The van der Waals surface area contributed by atoms with Crippen LogP contribution in [0.3, 0.4) is 0 Å². The molecule has 7 heteroatoms. The molecule has 1 N–H and O–H groups in total. The van der Waals surface area contributed by atoms with Crippen molar-refractivity contribution < 1.29 is 8.81 Å². The maximum absolute atomic E-state index is 13.1. The highest BCUT2D eigenvalue weighted by atomic mass is 32.2. The van der Waals surface area contributed by atoms with Crippen LogP contribution in [0.4, 0.5) is 4.39 Å². The van der Waals surface area contributed by atoms with Crippen molar-refractivity contribution in [1.29, 1.82) is 0 Å². The lowest BCUT2D eigenvalue weighted by Gasteiger charge is -1.96. The lowest BCUT2D eigenvalue weighted by atomic mass is 10.2. The van der Waals surface area contributed by atoms with Crippen LogP contribution in [0.25, 0.3) is 11.3 Å². The predicted octanol–water partition coefficient (Wildman–Crippen LogP) is 2.89. The number of benzene rings is 1. The second-order valence-electron chi connectivity index (χ2n) is 3.73. The average Bonchev–Trinajstić information content (AvgIpc) is 3.08. The van der Waals surface area contributed by atoms with Crippen LogP contribution in [0.1, 0.15) is 5.89 Å². The van der Waals surface area contributed by atoms with E-state index in [0.29, 0.717) is 23.0 Å². The number of hydrogen-bond acceptors (Lipinski definition) is 5. The first-order valence-corrected chi connectivity index (χ1v) is 6.49. The normalized spacial score (nSPS) is 10.8. The number of aromatic amines is 1. The van der Waals surface area contributed by atoms with Gasteiger partial charge in [-0.25, -0.2) is 9.37 Å². The third-order valence-corrected chi connectivity index (χ3v) is 3.28. The van der Waals surface area contributed by atoms with E-state index in [0.717, 1.165) is 5.03 Å². The summed E-state index contributed by atoms with van der Waals surface area (Å²) in [4.78, 5) is 4.15. The molecule has 0 atom stereocenters. The largest absolute Gasteiger partial charge is 0.440 e. The SMILES string of the molecule is Fc1cccc(-c2cnc(CSc3cn[nH]n3)o2)c1. The molecule has 0 amide bonds. The number of thioether (sulfide) groups is 1. The summed E-state index contributed by atoms with van der Waals surface area (Å²) >= 11 is 1.46. The topological polar surface area (TPSA) is 67.6 Å². The molecule has 0 saturated heterocycles. The van der Waals surface area contributed by atoms with E-state index in [1.807, 2.05) is 0 Å². The highest BCUT2D eigenvalue weighted by Gasteiger charge is 2.08. The number of halogens is 1. The lowest BCUT2D eigenvalue weighted by Crippen LogP contribution is -1.79. The van der Waals surface area contributed by atoms with Crippen molar-refractivity contribution in [3.8, 4) is 11.3 Å². The van der Waals surface area contributed by atoms with E-state index in [2.05, 4.69) is 20.4 Å². The molecule has 0 saturated carbocycles. The molecule has 0 bridgehead atoms. The van der Waals surface area contributed by atoms with Gasteiger partial charge in [0.1, 0.15) is 10.8 Å². The Kier molecular flexibility index (Phi) is 3.28. The van der Waals surface area contributed by atoms with Crippen LogP contribution in [0.2, 0.25) is 0 Å². The van der Waals surface area contributed by atoms with Gasteiger partial charge in [0.15, 0.2) is 5.76 Å². The van der Waals surface area contributed by atoms with Crippen LogP contribution in [0.5, 0.6) is 0 Å². The predicted molar refractivity (Wildman–Crippen MR) is 67.8 cm³/mol. The van der Waals surface area contributed by atoms with Gasteiger partial charge in [0, 0.05) is 5.56 Å². The zero-order valence-corrected chi connectivity index (χ0v) is 10.5. The van der Waals surface area contributed by atoms with E-state index in [1.54, 1.807) is 24.5 Å². The highest BCUT2D eigenvalue weighted by molar-refractivity contribution is 7.98. The van der Waals surface area contributed by atoms with E-state index < -0.39 is 0 Å². The molecule has 3 rings (SSSR count). The molecular formula is C12H9FN4OS. The van der Waals surface area contributed by atoms with Crippen LogP contribution >= 0.6 is 11.8 Å². The van der Waals surface area contributed by atoms with Gasteiger partial charge in [0.2, 0.25) is 5.89 Å². The quantitative estimate of drug-likeness (QED) is 0.742. The molecule has 2 heterocycles. The van der Waals surface area contributed by atoms with Crippen molar-refractivity contribution in [2.24, 2.45) is 0 Å². The summed E-state index contributed by atoms with van der Waals surface area (Å²) in [5.74, 6) is 1.36. The van der Waals surface area contributed by atoms with Gasteiger partial charge in [-0.05, 0) is 12.1 Å². The second-order valence-corrected chi connectivity index (χ2v) is 4.72. The molecule has 0 aliphatic carbocycles. The van der Waals surface area contributed by atoms with Crippen molar-refractivity contribution in [2.45, 2.75) is 10.8 Å². The molecule has 19 heavy (non-hydrogen) atoms. The van der Waals surface area contributed by atoms with Gasteiger partial charge in [-0.15, -0.1) is 5.10 Å². The molecule has 2 aromatic heterocycles. The van der Waals surface area contributed by atoms with Gasteiger partial charge in [0.25, 0.3) is 0 Å². The molecule has 0 spiro atoms. The van der Waals surface area contributed by atoms with Crippen molar-refractivity contribution in [1.82, 2.24) is 20.4 Å². The number of nitrogens with one attached hydrogen (secondary N) is 1. The molecule has 1 aromatic carbocycles. The minimum atomic E-state index is -0.299. The zero-order chi connectivity index (χ0) is 13.1. The summed E-state index contributed by atoms with van der Waals surface area (Å²) in [6.07, 6.45) is 3.22. The van der Waals surface area contributed by atoms with E-state index in [-0.39, 0.29) is 5.82 Å². The molecule has 0 aliphatic rings. The fourth-order valence-electron chi connectivity index (χ4n) is 1.55. The van der Waals surface area contributed by atoms with Gasteiger partial charge < -0.3 is 4.42 Å². The van der Waals surface area contributed by atoms with Crippen LogP contribution in [0.15, 0.2) is 46.1 Å². The number of aromatic nitrogens is 4. The smallest absolute Gasteiger partial charge is 0.205 e. The molecule has 0 unspecified atom stereocenters. The fraction of sp³-hybridized carbons (Fsp3) is 0.0833. The summed E-state index contributed by atoms with van der Waals surface area (Å²) in [5.41, 5.74) is 0.671. The molecule has 0 fully saturated rings. The second kappa shape index (κ2) is 5.23. The monoisotopic (exact) mass is 276 g/mol. The van der Waals surface area contributed by atoms with Gasteiger partial charge in [-0.2, -0.15) is 10.3 Å². The van der Waals surface area contributed by atoms with Crippen LogP contribution in [-0.2, 0) is 5.75 Å². The Morgan fingerprint density at radius 2 is 2.26 bits per heavy atom. The van der Waals surface area contributed by atoms with Gasteiger partial charge in [0.05, 0.1) is 18.1 Å². The van der Waals surface area contributed by atoms with E-state index in [1.165, 1.54) is 23.9 Å². The Bertz CT molecular complexity index is 668. The summed E-state index contributed by atoms with van der Waals surface area (Å²) in [6.45, 7) is 0. The molecule has 96 valence electrons. The minimum absolute atomic E-state index is 0.299. The number of rotatable bonds is 4. The van der Waals surface area contributed by atoms with Crippen molar-refractivity contribution >= 4 is 11.8 Å². The standard InChI is InChI=1S/C12H9FN4OS/c13-9-3-1-2-8(4-9)10-5-14-11(18-10)7-19-12-6-15-17-16-12/h1-6H,7H2,(H,15,16,17). The first-order chi connectivity index (χ1) is 9.31. The number of H-pyrrole nitrogens is 1. The zero-order valence-electron chi connectivity index (χ0n) is 9.71. The van der Waals surface area contributed by atoms with Crippen LogP contribution in [0, 0.1) is 5.82 Å². The number of oxazole rings is 1. The Labute approximate surface area is 112 Å². The first kappa shape index (κ1) is 11.9. The molecule has 0 radical (unpaired) electrons. The summed E-state index contributed by atoms with van der Waals surface area (Å²) in [7, 11) is 0. The molecular weight excluding hydrogens is 267 g/mol. The van der Waals surface area contributed by atoms with Crippen LogP contribution < -0.4 is 0 Å². The van der Waals surface area contributed by atoms with Crippen LogP contribution in [-0.4, -0.2) is 20.4 Å². The van der Waals surface area contributed by atoms with Crippen molar-refractivity contribution in [2.75, 3.05) is 0 Å². The summed E-state index contributed by atoms with van der Waals surface area (Å²) in [5, 5.41) is 10.9. The maximum Gasteiger partial charge on any atom is 0.205 e. The summed E-state index contributed by atoms with van der Waals surface area (Å²) < 4.78 is 18.7. The highest BCUT2D eigenvalue weighted by Crippen LogP contribution is 2.24. The number of hydrogen-bond donors (Lipinski definition) is 1. The third-order valence-electron chi connectivity index (χ3n) is 2.40. The van der Waals surface area contributed by atoms with E-state index in [4.69, 9.17) is 4.42 Å².